The zero-order valence-electron chi connectivity index (χ0n) is 10.8. The van der Waals surface area contributed by atoms with E-state index in [9.17, 15) is 4.79 Å². The second-order valence-corrected chi connectivity index (χ2v) is 6.11. The fraction of sp³-hybridized carbons (Fsp3) is 0.500. The van der Waals surface area contributed by atoms with E-state index >= 15 is 0 Å². The number of amides is 1. The number of benzene rings is 1. The van der Waals surface area contributed by atoms with Crippen molar-refractivity contribution in [2.24, 2.45) is 5.73 Å². The number of hydrogen-bond acceptors (Lipinski definition) is 2. The summed E-state index contributed by atoms with van der Waals surface area (Å²) in [6.45, 7) is 4.70. The van der Waals surface area contributed by atoms with E-state index in [2.05, 4.69) is 22.9 Å². The van der Waals surface area contributed by atoms with Crippen LogP contribution in [0.25, 0.3) is 0 Å². The molecule has 0 spiro atoms. The van der Waals surface area contributed by atoms with Crippen molar-refractivity contribution < 1.29 is 4.79 Å². The number of hydrogen-bond donors (Lipinski definition) is 1. The molecule has 0 bridgehead atoms. The van der Waals surface area contributed by atoms with Crippen LogP contribution >= 0.6 is 15.9 Å². The Morgan fingerprint density at radius 1 is 1.44 bits per heavy atom. The second-order valence-electron chi connectivity index (χ2n) is 5.20. The third kappa shape index (κ3) is 2.45. The average molecular weight is 311 g/mol. The standard InChI is InChI=1S/C14H19BrN2O/c1-10-4-3-9-17(10)13(18)14(2,16)11-5-7-12(15)8-6-11/h5-8,10H,3-4,9,16H2,1-2H3. The SMILES string of the molecule is CC1CCCN1C(=O)C(C)(N)c1ccc(Br)cc1. The quantitative estimate of drug-likeness (QED) is 0.912. The first-order valence-electron chi connectivity index (χ1n) is 6.29. The maximum absolute atomic E-state index is 12.6. The van der Waals surface area contributed by atoms with Gasteiger partial charge in [-0.3, -0.25) is 4.79 Å². The molecule has 0 radical (unpaired) electrons. The molecule has 1 fully saturated rings. The summed E-state index contributed by atoms with van der Waals surface area (Å²) in [5.41, 5.74) is 6.18. The molecule has 1 aliphatic rings. The molecule has 1 aromatic rings. The minimum Gasteiger partial charge on any atom is -0.338 e. The average Bonchev–Trinajstić information content (AvgIpc) is 2.75. The van der Waals surface area contributed by atoms with Gasteiger partial charge in [0.2, 0.25) is 5.91 Å². The first-order chi connectivity index (χ1) is 8.43. The third-order valence-electron chi connectivity index (χ3n) is 3.70. The fourth-order valence-corrected chi connectivity index (χ4v) is 2.72. The summed E-state index contributed by atoms with van der Waals surface area (Å²) >= 11 is 3.39. The molecule has 1 aliphatic heterocycles. The molecule has 98 valence electrons. The summed E-state index contributed by atoms with van der Waals surface area (Å²) in [6.07, 6.45) is 2.14. The zero-order valence-corrected chi connectivity index (χ0v) is 12.4. The van der Waals surface area contributed by atoms with Gasteiger partial charge in [0.1, 0.15) is 5.54 Å². The highest BCUT2D eigenvalue weighted by Gasteiger charge is 2.37. The van der Waals surface area contributed by atoms with Crippen molar-refractivity contribution >= 4 is 21.8 Å². The van der Waals surface area contributed by atoms with Gasteiger partial charge in [-0.25, -0.2) is 0 Å². The lowest BCUT2D eigenvalue weighted by Crippen LogP contribution is -2.51. The summed E-state index contributed by atoms with van der Waals surface area (Å²) in [4.78, 5) is 14.5. The summed E-state index contributed by atoms with van der Waals surface area (Å²) in [7, 11) is 0. The van der Waals surface area contributed by atoms with Gasteiger partial charge >= 0.3 is 0 Å². The Labute approximate surface area is 116 Å². The molecule has 2 N–H and O–H groups in total. The Bertz CT molecular complexity index is 442. The summed E-state index contributed by atoms with van der Waals surface area (Å²) < 4.78 is 0.990. The number of halogens is 1. The lowest BCUT2D eigenvalue weighted by Gasteiger charge is -2.32. The Morgan fingerprint density at radius 2 is 2.06 bits per heavy atom. The normalized spacial score (nSPS) is 22.9. The first-order valence-corrected chi connectivity index (χ1v) is 7.08. The summed E-state index contributed by atoms with van der Waals surface area (Å²) in [5.74, 6) is 0.0230. The number of rotatable bonds is 2. The lowest BCUT2D eigenvalue weighted by atomic mass is 9.91. The van der Waals surface area contributed by atoms with Gasteiger partial charge in [0, 0.05) is 17.1 Å². The molecular formula is C14H19BrN2O. The largest absolute Gasteiger partial charge is 0.338 e. The molecule has 1 amide bonds. The fourth-order valence-electron chi connectivity index (χ4n) is 2.45. The third-order valence-corrected chi connectivity index (χ3v) is 4.23. The molecule has 1 heterocycles. The van der Waals surface area contributed by atoms with Gasteiger partial charge < -0.3 is 10.6 Å². The molecule has 3 nitrogen and oxygen atoms in total. The first kappa shape index (κ1) is 13.6. The van der Waals surface area contributed by atoms with Crippen LogP contribution in [0.15, 0.2) is 28.7 Å². The molecule has 2 rings (SSSR count). The Balaban J connectivity index is 2.24. The lowest BCUT2D eigenvalue weighted by molar-refractivity contribution is -0.137. The van der Waals surface area contributed by atoms with Crippen LogP contribution in [0.2, 0.25) is 0 Å². The number of carbonyl (C=O) groups excluding carboxylic acids is 1. The number of nitrogens with two attached hydrogens (primary N) is 1. The van der Waals surface area contributed by atoms with Crippen molar-refractivity contribution in [1.82, 2.24) is 4.90 Å². The molecule has 1 saturated heterocycles. The molecule has 2 unspecified atom stereocenters. The van der Waals surface area contributed by atoms with Crippen LogP contribution in [0, 0.1) is 0 Å². The van der Waals surface area contributed by atoms with E-state index in [1.165, 1.54) is 0 Å². The molecule has 0 saturated carbocycles. The van der Waals surface area contributed by atoms with E-state index in [4.69, 9.17) is 5.73 Å². The molecule has 2 atom stereocenters. The maximum atomic E-state index is 12.6. The van der Waals surface area contributed by atoms with E-state index in [1.807, 2.05) is 29.2 Å². The smallest absolute Gasteiger partial charge is 0.247 e. The van der Waals surface area contributed by atoms with Gasteiger partial charge in [-0.1, -0.05) is 28.1 Å². The predicted octanol–water partition coefficient (Wildman–Crippen LogP) is 2.63. The highest BCUT2D eigenvalue weighted by atomic mass is 79.9. The monoisotopic (exact) mass is 310 g/mol. The van der Waals surface area contributed by atoms with Crippen LogP contribution in [0.3, 0.4) is 0 Å². The highest BCUT2D eigenvalue weighted by Crippen LogP contribution is 2.26. The molecular weight excluding hydrogens is 292 g/mol. The number of likely N-dealkylation sites (tertiary alicyclic amines) is 1. The van der Waals surface area contributed by atoms with Crippen LogP contribution in [0.4, 0.5) is 0 Å². The van der Waals surface area contributed by atoms with E-state index in [0.717, 1.165) is 29.4 Å². The number of carbonyl (C=O) groups is 1. The van der Waals surface area contributed by atoms with Gasteiger partial charge in [0.15, 0.2) is 0 Å². The van der Waals surface area contributed by atoms with Crippen LogP contribution < -0.4 is 5.73 Å². The van der Waals surface area contributed by atoms with Gasteiger partial charge in [-0.15, -0.1) is 0 Å². The molecule has 0 aromatic heterocycles. The van der Waals surface area contributed by atoms with Crippen LogP contribution in [0.1, 0.15) is 32.3 Å². The molecule has 1 aromatic carbocycles. The highest BCUT2D eigenvalue weighted by molar-refractivity contribution is 9.10. The minimum absolute atomic E-state index is 0.0230. The van der Waals surface area contributed by atoms with Crippen LogP contribution in [-0.2, 0) is 10.3 Å². The van der Waals surface area contributed by atoms with Crippen molar-refractivity contribution in [2.45, 2.75) is 38.3 Å². The van der Waals surface area contributed by atoms with Gasteiger partial charge in [-0.05, 0) is 44.4 Å². The second kappa shape index (κ2) is 5.02. The van der Waals surface area contributed by atoms with Gasteiger partial charge in [0.05, 0.1) is 0 Å². The topological polar surface area (TPSA) is 46.3 Å². The maximum Gasteiger partial charge on any atom is 0.247 e. The van der Waals surface area contributed by atoms with Crippen molar-refractivity contribution in [3.63, 3.8) is 0 Å². The number of nitrogens with zero attached hydrogens (tertiary/aromatic N) is 1. The summed E-state index contributed by atoms with van der Waals surface area (Å²) in [5, 5.41) is 0. The van der Waals surface area contributed by atoms with Crippen molar-refractivity contribution in [2.75, 3.05) is 6.54 Å². The molecule has 4 heteroatoms. The molecule has 0 aliphatic carbocycles. The van der Waals surface area contributed by atoms with Crippen LogP contribution in [-0.4, -0.2) is 23.4 Å². The van der Waals surface area contributed by atoms with Crippen molar-refractivity contribution in [3.8, 4) is 0 Å². The van der Waals surface area contributed by atoms with Gasteiger partial charge in [0.25, 0.3) is 0 Å². The summed E-state index contributed by atoms with van der Waals surface area (Å²) in [6, 6.07) is 7.95. The van der Waals surface area contributed by atoms with Crippen LogP contribution in [0.5, 0.6) is 0 Å². The predicted molar refractivity (Wildman–Crippen MR) is 76.1 cm³/mol. The van der Waals surface area contributed by atoms with E-state index in [1.54, 1.807) is 6.92 Å². The zero-order chi connectivity index (χ0) is 13.3. The molecule has 18 heavy (non-hydrogen) atoms. The Hall–Kier alpha value is -0.870. The van der Waals surface area contributed by atoms with E-state index in [0.29, 0.717) is 6.04 Å². The van der Waals surface area contributed by atoms with E-state index in [-0.39, 0.29) is 5.91 Å². The Morgan fingerprint density at radius 3 is 2.56 bits per heavy atom. The van der Waals surface area contributed by atoms with Crippen molar-refractivity contribution in [3.05, 3.63) is 34.3 Å². The van der Waals surface area contributed by atoms with E-state index < -0.39 is 5.54 Å². The van der Waals surface area contributed by atoms with Crippen molar-refractivity contribution in [1.29, 1.82) is 0 Å². The Kier molecular flexibility index (Phi) is 3.78. The van der Waals surface area contributed by atoms with Gasteiger partial charge in [-0.2, -0.15) is 0 Å². The minimum atomic E-state index is -0.945.